The second-order valence-electron chi connectivity index (χ2n) is 16.3. The number of alkyl carbamates (subject to hydrolysis) is 1. The molecule has 0 unspecified atom stereocenters. The standard InChI is InChI=1S/C37H44F4N6O9S/c1-35(2,3)28-32(49)47-18-19(16-24(47)30(48)45-36(17-21(36)29(38)39)33(50)46-57(52,53)20-12-13-20)55-31-27(42-22-8-4-5-9-23(22)43-31)37(40,41)14-7-15-54-25-10-6-11-26(25)56-34(51)44-28/h4-5,7-9,14,19-21,24-26,28-29H,6,10-13,15-18H2,1-3H3,(H,44,51)(H,45,48)(H,46,50)/b14-7+/t19-,21+,24+,25-,26-,28-,36+/m1/s1. The van der Waals surface area contributed by atoms with Crippen molar-refractivity contribution >= 4 is 44.9 Å². The molecule has 310 valence electrons. The Morgan fingerprint density at radius 2 is 1.70 bits per heavy atom. The monoisotopic (exact) mass is 824 g/mol. The molecular formula is C37H44F4N6O9S. The normalized spacial score (nSPS) is 31.2. The Bertz CT molecular complexity index is 2080. The molecule has 3 aliphatic carbocycles. The van der Waals surface area contributed by atoms with Gasteiger partial charge in [0.2, 0.25) is 34.1 Å². The third-order valence-electron chi connectivity index (χ3n) is 11.0. The molecule has 20 heteroatoms. The van der Waals surface area contributed by atoms with Gasteiger partial charge in [-0.2, -0.15) is 8.78 Å². The van der Waals surface area contributed by atoms with E-state index in [9.17, 15) is 36.4 Å². The molecule has 15 nitrogen and oxygen atoms in total. The minimum absolute atomic E-state index is 0.131. The molecule has 0 spiro atoms. The van der Waals surface area contributed by atoms with Crippen molar-refractivity contribution in [2.75, 3.05) is 13.2 Å². The molecule has 2 aliphatic heterocycles. The van der Waals surface area contributed by atoms with Crippen LogP contribution in [0.25, 0.3) is 11.0 Å². The topological polar surface area (TPSA) is 195 Å². The minimum atomic E-state index is -4.20. The van der Waals surface area contributed by atoms with E-state index in [1.165, 1.54) is 12.1 Å². The molecule has 2 bridgehead atoms. The molecule has 7 atom stereocenters. The number of ether oxygens (including phenoxy) is 3. The summed E-state index contributed by atoms with van der Waals surface area (Å²) in [4.78, 5) is 65.1. The van der Waals surface area contributed by atoms with Crippen LogP contribution in [0.1, 0.15) is 71.4 Å². The molecule has 57 heavy (non-hydrogen) atoms. The summed E-state index contributed by atoms with van der Waals surface area (Å²) in [7, 11) is -4.20. The van der Waals surface area contributed by atoms with Crippen LogP contribution in [-0.2, 0) is 39.8 Å². The van der Waals surface area contributed by atoms with Crippen molar-refractivity contribution in [1.82, 2.24) is 30.2 Å². The Morgan fingerprint density at radius 1 is 1.02 bits per heavy atom. The van der Waals surface area contributed by atoms with Gasteiger partial charge in [-0.3, -0.25) is 19.1 Å². The number of hydrogen-bond donors (Lipinski definition) is 3. The molecule has 2 aromatic rings. The molecule has 3 N–H and O–H groups in total. The highest BCUT2D eigenvalue weighted by molar-refractivity contribution is 7.91. The summed E-state index contributed by atoms with van der Waals surface area (Å²) in [6, 6.07) is 3.27. The molecule has 1 aromatic heterocycles. The van der Waals surface area contributed by atoms with Gasteiger partial charge in [-0.05, 0) is 62.1 Å². The number of para-hydroxylation sites is 2. The zero-order valence-electron chi connectivity index (χ0n) is 31.4. The molecule has 3 saturated carbocycles. The van der Waals surface area contributed by atoms with Crippen molar-refractivity contribution in [3.63, 3.8) is 0 Å². The van der Waals surface area contributed by atoms with Crippen LogP contribution in [-0.4, -0.2) is 108 Å². The molecular weight excluding hydrogens is 780 g/mol. The van der Waals surface area contributed by atoms with E-state index in [0.717, 1.165) is 11.0 Å². The fourth-order valence-corrected chi connectivity index (χ4v) is 8.99. The second-order valence-corrected chi connectivity index (χ2v) is 18.3. The van der Waals surface area contributed by atoms with Crippen LogP contribution in [0.4, 0.5) is 22.4 Å². The summed E-state index contributed by atoms with van der Waals surface area (Å²) in [5.41, 5.74) is -3.89. The fourth-order valence-electron chi connectivity index (χ4n) is 7.63. The summed E-state index contributed by atoms with van der Waals surface area (Å²) >= 11 is 0. The van der Waals surface area contributed by atoms with Crippen molar-refractivity contribution in [3.8, 4) is 5.88 Å². The molecule has 0 radical (unpaired) electrons. The summed E-state index contributed by atoms with van der Waals surface area (Å²) in [5.74, 6) is -9.40. The van der Waals surface area contributed by atoms with Crippen LogP contribution in [0.5, 0.6) is 5.88 Å². The van der Waals surface area contributed by atoms with E-state index in [2.05, 4.69) is 20.6 Å². The fraction of sp³-hybridized carbons (Fsp3) is 0.622. The average molecular weight is 825 g/mol. The number of hydrogen-bond acceptors (Lipinski definition) is 11. The molecule has 1 aromatic carbocycles. The van der Waals surface area contributed by atoms with Gasteiger partial charge in [0.15, 0.2) is 5.69 Å². The zero-order valence-corrected chi connectivity index (χ0v) is 32.2. The van der Waals surface area contributed by atoms with E-state index in [0.29, 0.717) is 25.3 Å². The van der Waals surface area contributed by atoms with E-state index in [4.69, 9.17) is 14.2 Å². The zero-order chi connectivity index (χ0) is 41.1. The molecule has 5 aliphatic rings. The lowest BCUT2D eigenvalue weighted by Crippen LogP contribution is -2.60. The highest BCUT2D eigenvalue weighted by atomic mass is 32.2. The minimum Gasteiger partial charge on any atom is -0.471 e. The van der Waals surface area contributed by atoms with Crippen LogP contribution in [0.2, 0.25) is 0 Å². The van der Waals surface area contributed by atoms with Crippen LogP contribution in [0.3, 0.4) is 0 Å². The number of amides is 4. The van der Waals surface area contributed by atoms with Crippen molar-refractivity contribution in [2.45, 2.75) is 119 Å². The average Bonchev–Trinajstić information content (AvgIpc) is 4.04. The molecule has 3 heterocycles. The quantitative estimate of drug-likeness (QED) is 0.285. The Balaban J connectivity index is 1.26. The van der Waals surface area contributed by atoms with Crippen molar-refractivity contribution in [1.29, 1.82) is 0 Å². The van der Waals surface area contributed by atoms with Crippen molar-refractivity contribution < 1.29 is 59.4 Å². The van der Waals surface area contributed by atoms with Crippen LogP contribution >= 0.6 is 0 Å². The predicted molar refractivity (Wildman–Crippen MR) is 192 cm³/mol. The summed E-state index contributed by atoms with van der Waals surface area (Å²) in [6.45, 7) is 4.23. The maximum Gasteiger partial charge on any atom is 0.408 e. The van der Waals surface area contributed by atoms with Gasteiger partial charge in [-0.15, -0.1) is 0 Å². The number of carbonyl (C=O) groups excluding carboxylic acids is 4. The largest absolute Gasteiger partial charge is 0.471 e. The summed E-state index contributed by atoms with van der Waals surface area (Å²) in [5, 5.41) is 4.06. The number of benzene rings is 1. The van der Waals surface area contributed by atoms with Gasteiger partial charge in [0, 0.05) is 6.42 Å². The van der Waals surface area contributed by atoms with Gasteiger partial charge in [0.25, 0.3) is 5.91 Å². The van der Waals surface area contributed by atoms with Crippen molar-refractivity contribution in [2.24, 2.45) is 11.3 Å². The highest BCUT2D eigenvalue weighted by Crippen LogP contribution is 2.48. The number of allylic oxidation sites excluding steroid dienone is 1. The smallest absolute Gasteiger partial charge is 0.408 e. The second kappa shape index (κ2) is 15.0. The Morgan fingerprint density at radius 3 is 2.35 bits per heavy atom. The lowest BCUT2D eigenvalue weighted by molar-refractivity contribution is -0.143. The van der Waals surface area contributed by atoms with Gasteiger partial charge >= 0.3 is 12.0 Å². The number of rotatable bonds is 6. The lowest BCUT2D eigenvalue weighted by atomic mass is 9.85. The first-order valence-electron chi connectivity index (χ1n) is 18.8. The van der Waals surface area contributed by atoms with Crippen molar-refractivity contribution in [3.05, 3.63) is 42.1 Å². The molecule has 1 saturated heterocycles. The van der Waals surface area contributed by atoms with E-state index >= 15 is 8.78 Å². The highest BCUT2D eigenvalue weighted by Gasteiger charge is 2.67. The molecule has 4 fully saturated rings. The molecule has 7 rings (SSSR count). The number of nitrogens with one attached hydrogen (secondary N) is 3. The van der Waals surface area contributed by atoms with Crippen LogP contribution in [0.15, 0.2) is 36.4 Å². The number of halogens is 4. The maximum absolute atomic E-state index is 16.0. The van der Waals surface area contributed by atoms with E-state index in [1.807, 2.05) is 4.72 Å². The number of carbonyl (C=O) groups is 4. The first-order chi connectivity index (χ1) is 26.8. The Labute approximate surface area is 325 Å². The summed E-state index contributed by atoms with van der Waals surface area (Å²) in [6.07, 6.45) is -4.00. The number of sulfonamides is 1. The number of nitrogens with zero attached hydrogens (tertiary/aromatic N) is 3. The number of fused-ring (bicyclic) bond motifs is 5. The maximum atomic E-state index is 16.0. The van der Waals surface area contributed by atoms with Gasteiger partial charge in [-0.1, -0.05) is 39.0 Å². The third kappa shape index (κ3) is 8.38. The molecule has 4 amide bonds. The predicted octanol–water partition coefficient (Wildman–Crippen LogP) is 3.47. The van der Waals surface area contributed by atoms with Gasteiger partial charge in [0.1, 0.15) is 29.8 Å². The third-order valence-corrected chi connectivity index (χ3v) is 12.8. The van der Waals surface area contributed by atoms with E-state index in [1.54, 1.807) is 32.9 Å². The first-order valence-corrected chi connectivity index (χ1v) is 20.4. The number of aromatic nitrogens is 2. The van der Waals surface area contributed by atoms with Gasteiger partial charge in [-0.25, -0.2) is 32.0 Å². The summed E-state index contributed by atoms with van der Waals surface area (Å²) < 4.78 is 105. The van der Waals surface area contributed by atoms with Crippen LogP contribution in [0, 0.1) is 11.3 Å². The Kier molecular flexibility index (Phi) is 10.7. The number of alkyl halides is 4. The van der Waals surface area contributed by atoms with Gasteiger partial charge in [0.05, 0.1) is 41.5 Å². The van der Waals surface area contributed by atoms with Crippen LogP contribution < -0.4 is 20.1 Å². The van der Waals surface area contributed by atoms with Gasteiger partial charge < -0.3 is 29.7 Å². The first kappa shape index (κ1) is 40.6. The SMILES string of the molecule is CC(C)(C)[C@@H]1NC(=O)O[C@@H]2CCC[C@H]2OC/C=C/C(F)(F)c2nc3ccccc3nc2O[C@@H]2C[C@@H](C(=O)N[C@@]3(C(=O)NS(=O)(=O)C4CC4)C[C@H]3C(F)F)N(C2)C1=O. The Hall–Kier alpha value is -4.59. The van der Waals surface area contributed by atoms with E-state index in [-0.39, 0.29) is 30.5 Å². The van der Waals surface area contributed by atoms with E-state index < -0.39 is 130 Å². The lowest BCUT2D eigenvalue weighted by Gasteiger charge is -2.35.